The maximum Gasteiger partial charge on any atom is 0.328 e. The lowest BCUT2D eigenvalue weighted by Crippen LogP contribution is -2.56. The number of piperidine rings is 1. The number of pyridine rings is 1. The summed E-state index contributed by atoms with van der Waals surface area (Å²) in [6.45, 7) is 2.96. The van der Waals surface area contributed by atoms with Crippen LogP contribution in [0.1, 0.15) is 29.7 Å². The zero-order valence-electron chi connectivity index (χ0n) is 21.1. The molecule has 0 saturated carbocycles. The van der Waals surface area contributed by atoms with Crippen LogP contribution in [-0.2, 0) is 31.5 Å². The van der Waals surface area contributed by atoms with Gasteiger partial charge in [-0.05, 0) is 42.2 Å². The van der Waals surface area contributed by atoms with Gasteiger partial charge in [0.2, 0.25) is 0 Å². The minimum atomic E-state index is -0.822. The fourth-order valence-electron chi connectivity index (χ4n) is 5.92. The molecule has 0 N–H and O–H groups in total. The van der Waals surface area contributed by atoms with Gasteiger partial charge in [-0.25, -0.2) is 4.79 Å². The third kappa shape index (κ3) is 4.19. The number of hydrogen-bond acceptors (Lipinski definition) is 4. The van der Waals surface area contributed by atoms with Gasteiger partial charge in [0, 0.05) is 56.5 Å². The summed E-state index contributed by atoms with van der Waals surface area (Å²) in [5.74, 6) is -0.0936. The molecular formula is C30H31N5O2. The van der Waals surface area contributed by atoms with Gasteiger partial charge in [-0.1, -0.05) is 54.6 Å². The molecule has 37 heavy (non-hydrogen) atoms. The molecule has 7 heteroatoms. The Morgan fingerprint density at radius 2 is 1.57 bits per heavy atom. The van der Waals surface area contributed by atoms with E-state index >= 15 is 0 Å². The fourth-order valence-corrected chi connectivity index (χ4v) is 5.92. The number of likely N-dealkylation sites (tertiary alicyclic amines) is 1. The topological polar surface area (TPSA) is 61.7 Å². The van der Waals surface area contributed by atoms with Gasteiger partial charge in [-0.3, -0.25) is 19.6 Å². The van der Waals surface area contributed by atoms with Crippen LogP contribution in [0.15, 0.2) is 85.2 Å². The molecule has 2 saturated heterocycles. The number of carbonyl (C=O) groups excluding carboxylic acids is 2. The number of benzene rings is 2. The van der Waals surface area contributed by atoms with Crippen molar-refractivity contribution in [2.24, 2.45) is 7.05 Å². The lowest BCUT2D eigenvalue weighted by atomic mass is 9.85. The average Bonchev–Trinajstić information content (AvgIpc) is 3.34. The summed E-state index contributed by atoms with van der Waals surface area (Å²) in [4.78, 5) is 37.7. The van der Waals surface area contributed by atoms with Crippen LogP contribution in [0.3, 0.4) is 0 Å². The number of para-hydroxylation sites is 1. The Labute approximate surface area is 216 Å². The highest BCUT2D eigenvalue weighted by Gasteiger charge is 2.57. The third-order valence-corrected chi connectivity index (χ3v) is 7.91. The maximum atomic E-state index is 14.0. The smallest absolute Gasteiger partial charge is 0.328 e. The molecule has 188 valence electrons. The Bertz CT molecular complexity index is 1420. The highest BCUT2D eigenvalue weighted by atomic mass is 16.2. The van der Waals surface area contributed by atoms with Crippen molar-refractivity contribution in [3.8, 4) is 0 Å². The van der Waals surface area contributed by atoms with Gasteiger partial charge < -0.3 is 9.47 Å². The molecule has 0 radical (unpaired) electrons. The van der Waals surface area contributed by atoms with E-state index in [1.807, 2.05) is 53.4 Å². The van der Waals surface area contributed by atoms with Crippen molar-refractivity contribution >= 4 is 22.8 Å². The number of imide groups is 1. The van der Waals surface area contributed by atoms with Gasteiger partial charge in [0.15, 0.2) is 0 Å². The van der Waals surface area contributed by atoms with E-state index in [4.69, 9.17) is 0 Å². The van der Waals surface area contributed by atoms with Gasteiger partial charge in [-0.15, -0.1) is 0 Å². The Hall–Kier alpha value is -3.97. The quantitative estimate of drug-likeness (QED) is 0.369. The zero-order chi connectivity index (χ0) is 25.4. The van der Waals surface area contributed by atoms with E-state index in [0.717, 1.165) is 25.2 Å². The van der Waals surface area contributed by atoms with E-state index in [1.165, 1.54) is 21.4 Å². The SMILES string of the molecule is Cn1cc(CN2CCC3(CC2)C(=O)N(Cc2ccccn2)C(=O)N3Cc2ccccc2)c2ccccc21. The van der Waals surface area contributed by atoms with Crippen molar-refractivity contribution in [3.63, 3.8) is 0 Å². The van der Waals surface area contributed by atoms with Crippen molar-refractivity contribution < 1.29 is 9.59 Å². The number of aryl methyl sites for hydroxylation is 1. The fraction of sp³-hybridized carbons (Fsp3) is 0.300. The van der Waals surface area contributed by atoms with Crippen molar-refractivity contribution in [1.82, 2.24) is 24.3 Å². The van der Waals surface area contributed by atoms with Crippen LogP contribution < -0.4 is 0 Å². The Morgan fingerprint density at radius 1 is 0.838 bits per heavy atom. The second-order valence-corrected chi connectivity index (χ2v) is 10.2. The summed E-state index contributed by atoms with van der Waals surface area (Å²) in [6.07, 6.45) is 5.14. The van der Waals surface area contributed by atoms with Crippen LogP contribution in [0.5, 0.6) is 0 Å². The summed E-state index contributed by atoms with van der Waals surface area (Å²) < 4.78 is 2.17. The number of carbonyl (C=O) groups is 2. The largest absolute Gasteiger partial charge is 0.350 e. The molecule has 2 aromatic carbocycles. The van der Waals surface area contributed by atoms with Gasteiger partial charge in [0.05, 0.1) is 12.2 Å². The van der Waals surface area contributed by atoms with Crippen LogP contribution in [-0.4, -0.2) is 54.8 Å². The van der Waals surface area contributed by atoms with Crippen LogP contribution in [0.25, 0.3) is 10.9 Å². The Kier molecular flexibility index (Phi) is 6.00. The Morgan fingerprint density at radius 3 is 2.32 bits per heavy atom. The average molecular weight is 494 g/mol. The second-order valence-electron chi connectivity index (χ2n) is 10.2. The number of aromatic nitrogens is 2. The lowest BCUT2D eigenvalue weighted by molar-refractivity contribution is -0.136. The lowest BCUT2D eigenvalue weighted by Gasteiger charge is -2.42. The molecule has 3 amide bonds. The van der Waals surface area contributed by atoms with Crippen molar-refractivity contribution in [2.75, 3.05) is 13.1 Å². The Balaban J connectivity index is 1.25. The minimum absolute atomic E-state index is 0.0936. The molecule has 0 atom stereocenters. The first-order chi connectivity index (χ1) is 18.0. The summed E-state index contributed by atoms with van der Waals surface area (Å²) >= 11 is 0. The predicted octanol–water partition coefficient (Wildman–Crippen LogP) is 4.57. The van der Waals surface area contributed by atoms with Gasteiger partial charge in [0.1, 0.15) is 5.54 Å². The number of rotatable bonds is 6. The minimum Gasteiger partial charge on any atom is -0.350 e. The molecule has 0 unspecified atom stereocenters. The third-order valence-electron chi connectivity index (χ3n) is 7.91. The van der Waals surface area contributed by atoms with Crippen molar-refractivity contribution in [3.05, 3.63) is 102 Å². The number of fused-ring (bicyclic) bond motifs is 1. The van der Waals surface area contributed by atoms with E-state index in [0.29, 0.717) is 25.1 Å². The molecule has 6 rings (SSSR count). The van der Waals surface area contributed by atoms with Crippen LogP contribution in [0, 0.1) is 0 Å². The van der Waals surface area contributed by atoms with Crippen LogP contribution >= 0.6 is 0 Å². The van der Waals surface area contributed by atoms with Crippen LogP contribution in [0.4, 0.5) is 4.79 Å². The number of hydrogen-bond donors (Lipinski definition) is 0. The highest BCUT2D eigenvalue weighted by molar-refractivity contribution is 6.07. The maximum absolute atomic E-state index is 14.0. The van der Waals surface area contributed by atoms with Crippen molar-refractivity contribution in [2.45, 2.75) is 38.0 Å². The highest BCUT2D eigenvalue weighted by Crippen LogP contribution is 2.39. The molecule has 2 fully saturated rings. The summed E-state index contributed by atoms with van der Waals surface area (Å²) in [5, 5.41) is 1.27. The van der Waals surface area contributed by atoms with E-state index in [2.05, 4.69) is 52.0 Å². The summed E-state index contributed by atoms with van der Waals surface area (Å²) in [5.41, 5.74) is 3.44. The van der Waals surface area contributed by atoms with E-state index in [1.54, 1.807) is 6.20 Å². The molecule has 1 spiro atoms. The molecule has 0 aliphatic carbocycles. The normalized spacial score (nSPS) is 17.9. The molecule has 4 heterocycles. The molecule has 2 aliphatic heterocycles. The first-order valence-electron chi connectivity index (χ1n) is 12.9. The number of nitrogens with zero attached hydrogens (tertiary/aromatic N) is 5. The first-order valence-corrected chi connectivity index (χ1v) is 12.9. The van der Waals surface area contributed by atoms with Crippen LogP contribution in [0.2, 0.25) is 0 Å². The summed E-state index contributed by atoms with van der Waals surface area (Å²) in [6, 6.07) is 23.8. The number of amides is 3. The molecule has 0 bridgehead atoms. The van der Waals surface area contributed by atoms with Gasteiger partial charge in [0.25, 0.3) is 5.91 Å². The molecule has 7 nitrogen and oxygen atoms in total. The van der Waals surface area contributed by atoms with E-state index in [-0.39, 0.29) is 18.5 Å². The first kappa shape index (κ1) is 23.4. The number of urea groups is 1. The second kappa shape index (κ2) is 9.48. The zero-order valence-corrected chi connectivity index (χ0v) is 21.1. The monoisotopic (exact) mass is 493 g/mol. The van der Waals surface area contributed by atoms with E-state index < -0.39 is 5.54 Å². The predicted molar refractivity (Wildman–Crippen MR) is 142 cm³/mol. The molecular weight excluding hydrogens is 462 g/mol. The molecule has 4 aromatic rings. The molecule has 2 aromatic heterocycles. The van der Waals surface area contributed by atoms with Crippen molar-refractivity contribution in [1.29, 1.82) is 0 Å². The van der Waals surface area contributed by atoms with Gasteiger partial charge in [-0.2, -0.15) is 0 Å². The standard InChI is InChI=1S/C30H31N5O2/c1-32-20-24(26-12-5-6-13-27(26)32)21-33-17-14-30(15-18-33)28(36)34(22-25-11-7-8-16-31-25)29(37)35(30)19-23-9-3-2-4-10-23/h2-13,16,20H,14-15,17-19,21-22H2,1H3. The van der Waals surface area contributed by atoms with E-state index in [9.17, 15) is 9.59 Å². The van der Waals surface area contributed by atoms with Gasteiger partial charge >= 0.3 is 6.03 Å². The summed E-state index contributed by atoms with van der Waals surface area (Å²) in [7, 11) is 2.08. The molecule has 2 aliphatic rings.